The fourth-order valence-electron chi connectivity index (χ4n) is 0.665. The highest BCUT2D eigenvalue weighted by Gasteiger charge is 2.27. The molecule has 1 aliphatic heterocycles. The largest absolute Gasteiger partial charge is 0.345 e. The Kier molecular flexibility index (Phi) is 0.651. The predicted octanol–water partition coefficient (Wildman–Crippen LogP) is -0.743. The molecule has 11 heavy (non-hydrogen) atoms. The Labute approximate surface area is 76.6 Å². The van der Waals surface area contributed by atoms with E-state index in [0.29, 0.717) is 0 Å². The van der Waals surface area contributed by atoms with Crippen LogP contribution in [-0.4, -0.2) is 24.4 Å². The van der Waals surface area contributed by atoms with Crippen LogP contribution in [0.5, 0.6) is 0 Å². The number of hydrogen-bond acceptors (Lipinski definition) is 2. The fourth-order valence-corrected chi connectivity index (χ4v) is 0.665. The topological polar surface area (TPSA) is 58.2 Å². The van der Waals surface area contributed by atoms with Gasteiger partial charge < -0.3 is 10.6 Å². The van der Waals surface area contributed by atoms with Gasteiger partial charge in [-0.3, -0.25) is 9.59 Å². The summed E-state index contributed by atoms with van der Waals surface area (Å²) in [7, 11) is 0. The van der Waals surface area contributed by atoms with Crippen LogP contribution in [0.15, 0.2) is 0 Å². The molecule has 1 fully saturated rings. The molecule has 1 rings (SSSR count). The molecular weight excluding hydrogens is 144 g/mol. The van der Waals surface area contributed by atoms with Crippen LogP contribution in [0.2, 0.25) is 0 Å². The first kappa shape index (κ1) is 2.47. The molecule has 2 N–H and O–H groups in total. The van der Waals surface area contributed by atoms with E-state index in [1.54, 1.807) is 5.32 Å². The van der Waals surface area contributed by atoms with Gasteiger partial charge in [0.25, 0.3) is 0 Å². The van der Waals surface area contributed by atoms with E-state index in [0.717, 1.165) is 0 Å². The van der Waals surface area contributed by atoms with Gasteiger partial charge >= 0.3 is 0 Å². The van der Waals surface area contributed by atoms with Crippen molar-refractivity contribution in [2.24, 2.45) is 5.89 Å². The predicted molar refractivity (Wildman–Crippen MR) is 39.8 cm³/mol. The number of carbonyl (C=O) groups is 2. The first-order valence-electron chi connectivity index (χ1n) is 6.87. The van der Waals surface area contributed by atoms with Crippen molar-refractivity contribution in [2.75, 3.05) is 6.54 Å². The summed E-state index contributed by atoms with van der Waals surface area (Å²) in [5, 5.41) is 3.62. The van der Waals surface area contributed by atoms with Crippen molar-refractivity contribution in [2.45, 2.75) is 19.7 Å². The molecule has 0 aromatic rings. The minimum atomic E-state index is -3.49. The minimum absolute atomic E-state index is 0.502. The Bertz CT molecular complexity index is 402. The second kappa shape index (κ2) is 2.90. The van der Waals surface area contributed by atoms with Gasteiger partial charge in [0.05, 0.1) is 7.92 Å². The Morgan fingerprint density at radius 1 is 1.82 bits per heavy atom. The highest BCUT2D eigenvalue weighted by molar-refractivity contribution is 5.94. The lowest BCUT2D eigenvalue weighted by atomic mass is 10.0. The third kappa shape index (κ3) is 1.69. The molecule has 0 bridgehead atoms. The molecule has 62 valence electrons. The van der Waals surface area contributed by atoms with E-state index in [1.807, 2.05) is 5.32 Å². The molecule has 0 aromatic carbocycles. The van der Waals surface area contributed by atoms with E-state index in [-0.39, 0.29) is 0 Å². The summed E-state index contributed by atoms with van der Waals surface area (Å²) < 4.78 is 58.7. The number of amides is 2. The van der Waals surface area contributed by atoms with E-state index in [2.05, 4.69) is 0 Å². The van der Waals surface area contributed by atoms with Gasteiger partial charge in [-0.1, -0.05) is 13.7 Å². The van der Waals surface area contributed by atoms with Crippen LogP contribution in [0, 0.1) is 5.89 Å². The van der Waals surface area contributed by atoms with Crippen molar-refractivity contribution in [3.05, 3.63) is 0 Å². The van der Waals surface area contributed by atoms with Gasteiger partial charge in [-0.15, -0.1) is 0 Å². The molecule has 1 unspecified atom stereocenters. The summed E-state index contributed by atoms with van der Waals surface area (Å²) in [6, 6.07) is -3.13. The van der Waals surface area contributed by atoms with E-state index >= 15 is 0 Å². The number of piperazine rings is 1. The summed E-state index contributed by atoms with van der Waals surface area (Å²) >= 11 is 0. The zero-order chi connectivity index (χ0) is 15.3. The Balaban J connectivity index is 3.48. The maximum absolute atomic E-state index is 11.7. The maximum Gasteiger partial charge on any atom is 0.243 e. The lowest BCUT2D eigenvalue weighted by Gasteiger charge is -2.25. The summed E-state index contributed by atoms with van der Waals surface area (Å²) in [6.07, 6.45) is 0. The van der Waals surface area contributed by atoms with Crippen molar-refractivity contribution in [1.29, 1.82) is 0 Å². The summed E-state index contributed by atoms with van der Waals surface area (Å²) in [6.45, 7) is -7.47. The molecule has 2 amide bonds. The quantitative estimate of drug-likeness (QED) is 0.536. The van der Waals surface area contributed by atoms with Gasteiger partial charge in [0.15, 0.2) is 0 Å². The average molecular weight is 164 g/mol. The van der Waals surface area contributed by atoms with Gasteiger partial charge in [0.2, 0.25) is 11.8 Å². The SMILES string of the molecule is [2H]C([2H])([2H])C([2H])(C([2H])([2H])[2H])C1([2H])NC(=O)CNC1=O. The van der Waals surface area contributed by atoms with Crippen LogP contribution in [-0.2, 0) is 9.59 Å². The summed E-state index contributed by atoms with van der Waals surface area (Å²) in [4.78, 5) is 22.9. The first-order chi connectivity index (χ1) is 8.27. The van der Waals surface area contributed by atoms with Gasteiger partial charge in [-0.05, 0) is 5.89 Å². The maximum atomic E-state index is 11.7. The van der Waals surface area contributed by atoms with Crippen LogP contribution in [0.25, 0.3) is 0 Å². The van der Waals surface area contributed by atoms with Crippen molar-refractivity contribution >= 4 is 11.8 Å². The van der Waals surface area contributed by atoms with E-state index < -0.39 is 44.0 Å². The highest BCUT2D eigenvalue weighted by Crippen LogP contribution is 2.03. The third-order valence-corrected chi connectivity index (χ3v) is 1.15. The standard InChI is InChI=1S/C7H12N2O2/c1-4(2)6-7(11)8-3-5(10)9-6/h4,6H,3H2,1-2H3,(H,8,11)(H,9,10)/i1D3,2D3,4D,6D. The molecule has 4 nitrogen and oxygen atoms in total. The van der Waals surface area contributed by atoms with E-state index in [4.69, 9.17) is 11.0 Å². The molecule has 0 saturated carbocycles. The van der Waals surface area contributed by atoms with Crippen LogP contribution in [0.4, 0.5) is 0 Å². The van der Waals surface area contributed by atoms with Gasteiger partial charge in [0.1, 0.15) is 6.02 Å². The highest BCUT2D eigenvalue weighted by atomic mass is 16.2. The zero-order valence-electron chi connectivity index (χ0n) is 13.5. The van der Waals surface area contributed by atoms with Crippen LogP contribution in [0.3, 0.4) is 0 Å². The van der Waals surface area contributed by atoms with Crippen LogP contribution in [0.1, 0.15) is 24.7 Å². The monoisotopic (exact) mass is 164 g/mol. The van der Waals surface area contributed by atoms with Crippen LogP contribution < -0.4 is 10.6 Å². The van der Waals surface area contributed by atoms with Gasteiger partial charge in [0, 0.05) is 9.60 Å². The molecule has 1 atom stereocenters. The molecule has 0 radical (unpaired) electrons. The Morgan fingerprint density at radius 2 is 2.55 bits per heavy atom. The second-order valence-corrected chi connectivity index (χ2v) is 1.98. The average Bonchev–Trinajstić information content (AvgIpc) is 2.19. The first-order valence-corrected chi connectivity index (χ1v) is 2.87. The lowest BCUT2D eigenvalue weighted by Crippen LogP contribution is -2.58. The molecule has 0 aromatic heterocycles. The second-order valence-electron chi connectivity index (χ2n) is 1.98. The Hall–Kier alpha value is -1.06. The zero-order valence-corrected chi connectivity index (χ0v) is 5.52. The number of hydrogen-bond donors (Lipinski definition) is 2. The number of rotatable bonds is 1. The fraction of sp³-hybridized carbons (Fsp3) is 0.714. The minimum Gasteiger partial charge on any atom is -0.345 e. The smallest absolute Gasteiger partial charge is 0.243 e. The van der Waals surface area contributed by atoms with Crippen molar-refractivity contribution in [1.82, 2.24) is 10.6 Å². The molecule has 0 aliphatic carbocycles. The molecule has 1 aliphatic rings. The number of carbonyl (C=O) groups excluding carboxylic acids is 2. The molecule has 0 spiro atoms. The third-order valence-electron chi connectivity index (χ3n) is 1.15. The lowest BCUT2D eigenvalue weighted by molar-refractivity contribution is -0.134. The van der Waals surface area contributed by atoms with Crippen molar-refractivity contribution < 1.29 is 20.6 Å². The summed E-state index contributed by atoms with van der Waals surface area (Å²) in [5.41, 5.74) is 0. The van der Waals surface area contributed by atoms with Crippen LogP contribution >= 0.6 is 0 Å². The van der Waals surface area contributed by atoms with Gasteiger partial charge in [-0.2, -0.15) is 0 Å². The molecular formula is C7H12N2O2. The van der Waals surface area contributed by atoms with E-state index in [1.165, 1.54) is 0 Å². The summed E-state index contributed by atoms with van der Waals surface area (Å²) in [5.74, 6) is -5.76. The molecule has 4 heteroatoms. The molecule has 1 saturated heterocycles. The van der Waals surface area contributed by atoms with Crippen molar-refractivity contribution in [3.8, 4) is 0 Å². The van der Waals surface area contributed by atoms with E-state index in [9.17, 15) is 9.59 Å². The normalized spacial score (nSPS) is 45.5. The molecule has 1 heterocycles. The van der Waals surface area contributed by atoms with Gasteiger partial charge in [-0.25, -0.2) is 0 Å². The van der Waals surface area contributed by atoms with Crippen molar-refractivity contribution in [3.63, 3.8) is 0 Å². The Morgan fingerprint density at radius 3 is 3.18 bits per heavy atom. The number of nitrogens with one attached hydrogen (secondary N) is 2.